The molecule has 40 heavy (non-hydrogen) atoms. The number of allylic oxidation sites excluding steroid dienone is 1. The number of fused-ring (bicyclic) bond motifs is 1. The van der Waals surface area contributed by atoms with Gasteiger partial charge in [-0.2, -0.15) is 0 Å². The third kappa shape index (κ3) is 8.22. The number of likely N-dealkylation sites (N-methyl/N-ethyl adjacent to an activating group) is 1. The van der Waals surface area contributed by atoms with Crippen molar-refractivity contribution in [2.75, 3.05) is 26.5 Å². The maximum atomic E-state index is 13.2. The molecule has 0 radical (unpaired) electrons. The summed E-state index contributed by atoms with van der Waals surface area (Å²) in [6.07, 6.45) is 6.49. The number of pyridine rings is 1. The van der Waals surface area contributed by atoms with Crippen LogP contribution in [0.5, 0.6) is 0 Å². The van der Waals surface area contributed by atoms with Crippen LogP contribution >= 0.6 is 0 Å². The number of carbonyl (C=O) groups excluding carboxylic acids is 3. The third-order valence-electron chi connectivity index (χ3n) is 5.83. The van der Waals surface area contributed by atoms with Crippen LogP contribution in [-0.4, -0.2) is 74.6 Å². The van der Waals surface area contributed by atoms with E-state index in [2.05, 4.69) is 56.1 Å². The van der Waals surface area contributed by atoms with E-state index in [1.165, 1.54) is 35.0 Å². The van der Waals surface area contributed by atoms with Crippen molar-refractivity contribution in [1.82, 2.24) is 34.7 Å². The van der Waals surface area contributed by atoms with Gasteiger partial charge in [-0.25, -0.2) is 19.7 Å². The molecular weight excluding hydrogens is 516 g/mol. The van der Waals surface area contributed by atoms with Gasteiger partial charge >= 0.3 is 6.09 Å². The molecule has 0 aliphatic heterocycles. The van der Waals surface area contributed by atoms with Crippen LogP contribution in [-0.2, 0) is 27.3 Å². The van der Waals surface area contributed by atoms with E-state index < -0.39 is 23.6 Å². The molecule has 13 heteroatoms. The van der Waals surface area contributed by atoms with Crippen molar-refractivity contribution >= 4 is 34.8 Å². The summed E-state index contributed by atoms with van der Waals surface area (Å²) >= 11 is 0. The number of nitrogens with one attached hydrogen (secondary N) is 3. The fourth-order valence-electron chi connectivity index (χ4n) is 3.84. The van der Waals surface area contributed by atoms with Crippen molar-refractivity contribution in [2.45, 2.75) is 52.6 Å². The van der Waals surface area contributed by atoms with E-state index in [-0.39, 0.29) is 30.0 Å². The van der Waals surface area contributed by atoms with Gasteiger partial charge in [-0.1, -0.05) is 26.8 Å². The average Bonchev–Trinajstić information content (AvgIpc) is 3.30. The number of methoxy groups -OCH3 is 1. The molecular formula is C27H36N8O5. The molecule has 1 atom stereocenters. The maximum Gasteiger partial charge on any atom is 0.407 e. The molecule has 3 aromatic rings. The highest BCUT2D eigenvalue weighted by atomic mass is 16.5. The van der Waals surface area contributed by atoms with Crippen LogP contribution in [0.3, 0.4) is 0 Å². The van der Waals surface area contributed by atoms with Crippen LogP contribution in [0.2, 0.25) is 0 Å². The van der Waals surface area contributed by atoms with Gasteiger partial charge in [0, 0.05) is 20.3 Å². The fraction of sp³-hybridized carbons (Fsp3) is 0.444. The molecule has 0 aromatic carbocycles. The number of carbonyl (C=O) groups is 3. The third-order valence-corrected chi connectivity index (χ3v) is 5.83. The number of hydrogen-bond acceptors (Lipinski definition) is 8. The molecule has 0 saturated heterocycles. The topological polar surface area (TPSA) is 164 Å². The van der Waals surface area contributed by atoms with Crippen LogP contribution in [0.25, 0.3) is 11.2 Å². The SMILES string of the molecule is COC(=O)NC(CC/C=C/C(=O)N(C)C)C(=O)Nc1cccn(Cc2nc3ncnc(CC(C)(C)C)c3[nH]2)c1=O. The minimum absolute atomic E-state index is 0.0105. The van der Waals surface area contributed by atoms with Crippen molar-refractivity contribution in [2.24, 2.45) is 5.41 Å². The Hall–Kier alpha value is -4.55. The first-order valence-corrected chi connectivity index (χ1v) is 12.8. The lowest BCUT2D eigenvalue weighted by Gasteiger charge is -2.17. The Kier molecular flexibility index (Phi) is 9.75. The molecule has 0 fully saturated rings. The zero-order chi connectivity index (χ0) is 29.4. The lowest BCUT2D eigenvalue weighted by molar-refractivity contribution is -0.123. The van der Waals surface area contributed by atoms with E-state index in [9.17, 15) is 19.2 Å². The van der Waals surface area contributed by atoms with Crippen LogP contribution in [0.15, 0.2) is 41.6 Å². The zero-order valence-corrected chi connectivity index (χ0v) is 23.6. The van der Waals surface area contributed by atoms with E-state index in [1.807, 2.05) is 0 Å². The Morgan fingerprint density at radius 2 is 1.98 bits per heavy atom. The van der Waals surface area contributed by atoms with Gasteiger partial charge in [0.1, 0.15) is 29.4 Å². The first-order valence-electron chi connectivity index (χ1n) is 12.8. The summed E-state index contributed by atoms with van der Waals surface area (Å²) in [5, 5.41) is 5.07. The normalized spacial score (nSPS) is 12.3. The summed E-state index contributed by atoms with van der Waals surface area (Å²) in [5.74, 6) is -0.285. The second-order valence-corrected chi connectivity index (χ2v) is 10.7. The molecule has 3 amide bonds. The largest absolute Gasteiger partial charge is 0.453 e. The van der Waals surface area contributed by atoms with E-state index >= 15 is 0 Å². The predicted octanol–water partition coefficient (Wildman–Crippen LogP) is 2.24. The number of ether oxygens (including phenoxy) is 1. The number of hydrogen-bond donors (Lipinski definition) is 3. The number of anilines is 1. The minimum atomic E-state index is -1.00. The highest BCUT2D eigenvalue weighted by Crippen LogP contribution is 2.23. The monoisotopic (exact) mass is 552 g/mol. The Balaban J connectivity index is 1.76. The molecule has 3 rings (SSSR count). The predicted molar refractivity (Wildman–Crippen MR) is 150 cm³/mol. The molecule has 1 unspecified atom stereocenters. The number of rotatable bonds is 10. The molecule has 3 N–H and O–H groups in total. The maximum absolute atomic E-state index is 13.2. The van der Waals surface area contributed by atoms with E-state index in [4.69, 9.17) is 0 Å². The molecule has 3 heterocycles. The second-order valence-electron chi connectivity index (χ2n) is 10.7. The summed E-state index contributed by atoms with van der Waals surface area (Å²) in [6, 6.07) is 2.10. The van der Waals surface area contributed by atoms with Crippen molar-refractivity contribution < 1.29 is 19.1 Å². The van der Waals surface area contributed by atoms with Crippen LogP contribution in [0, 0.1) is 5.41 Å². The van der Waals surface area contributed by atoms with E-state index in [0.29, 0.717) is 17.9 Å². The van der Waals surface area contributed by atoms with Gasteiger partial charge in [0.25, 0.3) is 5.56 Å². The molecule has 0 bridgehead atoms. The Morgan fingerprint density at radius 3 is 2.65 bits per heavy atom. The Labute approximate surface area is 232 Å². The number of imidazole rings is 1. The van der Waals surface area contributed by atoms with Gasteiger partial charge in [0.05, 0.1) is 19.3 Å². The summed E-state index contributed by atoms with van der Waals surface area (Å²) in [5.41, 5.74) is 1.67. The van der Waals surface area contributed by atoms with Crippen molar-refractivity contribution in [3.8, 4) is 0 Å². The highest BCUT2D eigenvalue weighted by molar-refractivity contribution is 5.96. The van der Waals surface area contributed by atoms with Crippen molar-refractivity contribution in [1.29, 1.82) is 0 Å². The summed E-state index contributed by atoms with van der Waals surface area (Å²) < 4.78 is 6.04. The molecule has 3 aromatic heterocycles. The van der Waals surface area contributed by atoms with Crippen LogP contribution in [0.1, 0.15) is 45.1 Å². The smallest absolute Gasteiger partial charge is 0.407 e. The quantitative estimate of drug-likeness (QED) is 0.322. The summed E-state index contributed by atoms with van der Waals surface area (Å²) in [6.45, 7) is 6.46. The average molecular weight is 553 g/mol. The van der Waals surface area contributed by atoms with Gasteiger partial charge in [0.15, 0.2) is 5.65 Å². The van der Waals surface area contributed by atoms with E-state index in [1.54, 1.807) is 32.4 Å². The summed E-state index contributed by atoms with van der Waals surface area (Å²) in [7, 11) is 4.44. The number of nitrogens with zero attached hydrogens (tertiary/aromatic N) is 5. The number of amides is 3. The fourth-order valence-corrected chi connectivity index (χ4v) is 3.84. The zero-order valence-electron chi connectivity index (χ0n) is 23.6. The van der Waals surface area contributed by atoms with Gasteiger partial charge in [0.2, 0.25) is 11.8 Å². The van der Waals surface area contributed by atoms with Gasteiger partial charge in [-0.15, -0.1) is 0 Å². The van der Waals surface area contributed by atoms with Crippen molar-refractivity contribution in [3.63, 3.8) is 0 Å². The van der Waals surface area contributed by atoms with Gasteiger partial charge < -0.3 is 29.8 Å². The second kappa shape index (κ2) is 13.0. The highest BCUT2D eigenvalue weighted by Gasteiger charge is 2.22. The molecule has 214 valence electrons. The Morgan fingerprint density at radius 1 is 1.23 bits per heavy atom. The molecule has 13 nitrogen and oxygen atoms in total. The van der Waals surface area contributed by atoms with E-state index in [0.717, 1.165) is 17.6 Å². The van der Waals surface area contributed by atoms with Crippen molar-refractivity contribution in [3.05, 3.63) is 58.7 Å². The van der Waals surface area contributed by atoms with Crippen LogP contribution < -0.4 is 16.2 Å². The first kappa shape index (κ1) is 30.0. The first-order chi connectivity index (χ1) is 18.9. The number of H-pyrrole nitrogens is 1. The lowest BCUT2D eigenvalue weighted by Crippen LogP contribution is -2.44. The molecule has 0 aliphatic rings. The van der Waals surface area contributed by atoms with Gasteiger partial charge in [-0.3, -0.25) is 14.4 Å². The summed E-state index contributed by atoms with van der Waals surface area (Å²) in [4.78, 5) is 67.6. The van der Waals surface area contributed by atoms with Gasteiger partial charge in [-0.05, 0) is 42.9 Å². The standard InChI is InChI=1S/C27H36N8O5/c1-27(2,3)14-19-22-23(29-16-28-19)33-20(32-22)15-35-13-9-11-18(25(35)38)30-24(37)17(31-26(39)40-6)10-7-8-12-21(36)34(4)5/h8-9,11-13,16-17H,7,10,14-15H2,1-6H3,(H,30,37)(H,31,39)(H,28,29,32,33)/b12-8+. The molecule has 0 spiro atoms. The van der Waals surface area contributed by atoms with Crippen LogP contribution in [0.4, 0.5) is 10.5 Å². The minimum Gasteiger partial charge on any atom is -0.453 e. The lowest BCUT2D eigenvalue weighted by atomic mass is 9.90. The Bertz CT molecular complexity index is 1450. The number of aromatic nitrogens is 5. The molecule has 0 saturated carbocycles. The molecule has 0 aliphatic carbocycles. The number of alkyl carbamates (subject to hydrolysis) is 1. The number of aromatic amines is 1.